The third-order valence-corrected chi connectivity index (χ3v) is 5.69. The van der Waals surface area contributed by atoms with Crippen molar-refractivity contribution in [1.29, 1.82) is 0 Å². The third kappa shape index (κ3) is 3.89. The molecule has 0 bridgehead atoms. The van der Waals surface area contributed by atoms with Crippen LogP contribution in [0.3, 0.4) is 0 Å². The molecule has 0 atom stereocenters. The van der Waals surface area contributed by atoms with Crippen molar-refractivity contribution < 1.29 is 14.3 Å². The Balaban J connectivity index is 1.66. The molecule has 0 amide bonds. The number of allylic oxidation sites excluding steroid dienone is 1. The molecule has 2 aliphatic rings. The quantitative estimate of drug-likeness (QED) is 0.613. The van der Waals surface area contributed by atoms with Crippen LogP contribution in [0.15, 0.2) is 36.1 Å². The summed E-state index contributed by atoms with van der Waals surface area (Å²) >= 11 is 0. The maximum Gasteiger partial charge on any atom is 0.232 e. The van der Waals surface area contributed by atoms with E-state index in [4.69, 9.17) is 9.47 Å². The molecule has 0 aliphatic carbocycles. The maximum absolute atomic E-state index is 13.1. The molecule has 30 heavy (non-hydrogen) atoms. The van der Waals surface area contributed by atoms with Gasteiger partial charge in [-0.1, -0.05) is 58.9 Å². The number of aryl methyl sites for hydroxylation is 1. The fraction of sp³-hybridized carbons (Fsp3) is 0.423. The first kappa shape index (κ1) is 20.7. The lowest BCUT2D eigenvalue weighted by Gasteiger charge is -2.31. The summed E-state index contributed by atoms with van der Waals surface area (Å²) in [5.74, 6) is 2.37. The number of hydrogen-bond donors (Lipinski definition) is 0. The van der Waals surface area contributed by atoms with Gasteiger partial charge < -0.3 is 9.47 Å². The predicted molar refractivity (Wildman–Crippen MR) is 120 cm³/mol. The van der Waals surface area contributed by atoms with Gasteiger partial charge in [0.05, 0.1) is 11.1 Å². The number of benzene rings is 2. The maximum atomic E-state index is 13.1. The molecule has 2 heterocycles. The Labute approximate surface area is 179 Å². The summed E-state index contributed by atoms with van der Waals surface area (Å²) in [6.45, 7) is 15.2. The van der Waals surface area contributed by atoms with Crippen molar-refractivity contribution in [2.45, 2.75) is 53.5 Å². The number of hydrogen-bond acceptors (Lipinski definition) is 4. The van der Waals surface area contributed by atoms with Gasteiger partial charge >= 0.3 is 0 Å². The number of rotatable bonds is 3. The van der Waals surface area contributed by atoms with Crippen molar-refractivity contribution in [1.82, 2.24) is 4.90 Å². The second kappa shape index (κ2) is 7.59. The Morgan fingerprint density at radius 1 is 1.17 bits per heavy atom. The van der Waals surface area contributed by atoms with Crippen LogP contribution in [0.2, 0.25) is 0 Å². The molecule has 0 aromatic heterocycles. The molecule has 0 spiro atoms. The average Bonchev–Trinajstić information content (AvgIpc) is 2.99. The van der Waals surface area contributed by atoms with Crippen LogP contribution in [0.25, 0.3) is 6.08 Å². The van der Waals surface area contributed by atoms with Crippen LogP contribution in [0.5, 0.6) is 11.5 Å². The third-order valence-electron chi connectivity index (χ3n) is 5.69. The number of ketones is 1. The molecule has 2 aliphatic heterocycles. The first-order chi connectivity index (χ1) is 14.1. The van der Waals surface area contributed by atoms with E-state index >= 15 is 0 Å². The van der Waals surface area contributed by atoms with Crippen LogP contribution in [0, 0.1) is 12.8 Å². The number of ether oxygens (including phenoxy) is 2. The van der Waals surface area contributed by atoms with Crippen LogP contribution in [-0.2, 0) is 12.0 Å². The monoisotopic (exact) mass is 405 g/mol. The van der Waals surface area contributed by atoms with E-state index in [2.05, 4.69) is 51.7 Å². The van der Waals surface area contributed by atoms with Crippen LogP contribution in [0.1, 0.15) is 67.2 Å². The highest BCUT2D eigenvalue weighted by atomic mass is 16.5. The highest BCUT2D eigenvalue weighted by Gasteiger charge is 2.35. The Morgan fingerprint density at radius 3 is 2.50 bits per heavy atom. The molecule has 0 N–H and O–H groups in total. The molecule has 0 fully saturated rings. The topological polar surface area (TPSA) is 38.8 Å². The van der Waals surface area contributed by atoms with Crippen LogP contribution in [0.4, 0.5) is 0 Å². The highest BCUT2D eigenvalue weighted by Crippen LogP contribution is 2.44. The summed E-state index contributed by atoms with van der Waals surface area (Å²) in [5, 5.41) is 0. The molecule has 4 heteroatoms. The number of carbonyl (C=O) groups excluding carboxylic acids is 1. The molecule has 158 valence electrons. The van der Waals surface area contributed by atoms with E-state index in [0.717, 1.165) is 35.5 Å². The lowest BCUT2D eigenvalue weighted by Crippen LogP contribution is -2.35. The standard InChI is InChI=1S/C26H31NO3/c1-16(2)13-27-14-20-21(29-15-27)11-17(3)23-24(28)22(30-25(20)23)12-18-7-9-19(10-8-18)26(4,5)6/h7-12,16H,13-15H2,1-6H3/b22-12-. The largest absolute Gasteiger partial charge is 0.478 e. The number of fused-ring (bicyclic) bond motifs is 3. The van der Waals surface area contributed by atoms with Gasteiger partial charge in [-0.25, -0.2) is 0 Å². The predicted octanol–water partition coefficient (Wildman–Crippen LogP) is 5.72. The zero-order valence-electron chi connectivity index (χ0n) is 18.8. The van der Waals surface area contributed by atoms with Gasteiger partial charge in [0.1, 0.15) is 18.2 Å². The fourth-order valence-electron chi connectivity index (χ4n) is 4.14. The van der Waals surface area contributed by atoms with Gasteiger partial charge in [0.25, 0.3) is 0 Å². The van der Waals surface area contributed by atoms with Gasteiger partial charge in [-0.3, -0.25) is 9.69 Å². The summed E-state index contributed by atoms with van der Waals surface area (Å²) in [5.41, 5.74) is 4.86. The van der Waals surface area contributed by atoms with Crippen molar-refractivity contribution in [2.24, 2.45) is 5.92 Å². The number of nitrogens with zero attached hydrogens (tertiary/aromatic N) is 1. The first-order valence-electron chi connectivity index (χ1n) is 10.7. The zero-order chi connectivity index (χ0) is 21.6. The summed E-state index contributed by atoms with van der Waals surface area (Å²) < 4.78 is 12.2. The molecule has 4 rings (SSSR count). The fourth-order valence-corrected chi connectivity index (χ4v) is 4.14. The van der Waals surface area contributed by atoms with E-state index in [9.17, 15) is 4.79 Å². The van der Waals surface area contributed by atoms with Crippen LogP contribution < -0.4 is 9.47 Å². The second-order valence-electron chi connectivity index (χ2n) is 9.86. The van der Waals surface area contributed by atoms with E-state index in [1.165, 1.54) is 5.56 Å². The van der Waals surface area contributed by atoms with Gasteiger partial charge in [-0.05, 0) is 47.1 Å². The van der Waals surface area contributed by atoms with Crippen LogP contribution in [-0.4, -0.2) is 24.0 Å². The van der Waals surface area contributed by atoms with E-state index in [-0.39, 0.29) is 11.2 Å². The zero-order valence-corrected chi connectivity index (χ0v) is 18.8. The Kier molecular flexibility index (Phi) is 5.23. The van der Waals surface area contributed by atoms with Gasteiger partial charge in [0.15, 0.2) is 5.76 Å². The van der Waals surface area contributed by atoms with Gasteiger partial charge in [-0.2, -0.15) is 0 Å². The Hall–Kier alpha value is -2.59. The molecule has 2 aromatic carbocycles. The lowest BCUT2D eigenvalue weighted by molar-refractivity contribution is 0.0831. The highest BCUT2D eigenvalue weighted by molar-refractivity contribution is 6.15. The van der Waals surface area contributed by atoms with E-state index in [1.54, 1.807) is 0 Å². The molecule has 0 radical (unpaired) electrons. The Morgan fingerprint density at radius 2 is 1.87 bits per heavy atom. The van der Waals surface area contributed by atoms with Crippen molar-refractivity contribution in [2.75, 3.05) is 13.3 Å². The normalized spacial score (nSPS) is 17.7. The minimum Gasteiger partial charge on any atom is -0.478 e. The summed E-state index contributed by atoms with van der Waals surface area (Å²) in [6.07, 6.45) is 1.84. The van der Waals surface area contributed by atoms with Gasteiger partial charge in [-0.15, -0.1) is 0 Å². The smallest absolute Gasteiger partial charge is 0.232 e. The van der Waals surface area contributed by atoms with E-state index in [0.29, 0.717) is 29.7 Å². The summed E-state index contributed by atoms with van der Waals surface area (Å²) in [4.78, 5) is 15.4. The average molecular weight is 406 g/mol. The molecule has 2 aromatic rings. The van der Waals surface area contributed by atoms with E-state index < -0.39 is 0 Å². The second-order valence-corrected chi connectivity index (χ2v) is 9.86. The summed E-state index contributed by atoms with van der Waals surface area (Å²) in [7, 11) is 0. The number of carbonyl (C=O) groups is 1. The minimum atomic E-state index is -0.0498. The molecule has 4 nitrogen and oxygen atoms in total. The van der Waals surface area contributed by atoms with Crippen LogP contribution >= 0.6 is 0 Å². The molecule has 0 saturated carbocycles. The first-order valence-corrected chi connectivity index (χ1v) is 10.7. The Bertz CT molecular complexity index is 1010. The minimum absolute atomic E-state index is 0.0498. The lowest BCUT2D eigenvalue weighted by atomic mass is 9.86. The number of Topliss-reactive ketones (excluding diaryl/α,β-unsaturated/α-hetero) is 1. The van der Waals surface area contributed by atoms with Crippen molar-refractivity contribution in [3.8, 4) is 11.5 Å². The SMILES string of the molecule is Cc1cc2c(c3c1C(=O)/C(=C/c1ccc(C(C)(C)C)cc1)O3)CN(CC(C)C)CO2. The van der Waals surface area contributed by atoms with Gasteiger partial charge in [0, 0.05) is 13.1 Å². The van der Waals surface area contributed by atoms with E-state index in [1.807, 2.05) is 31.2 Å². The van der Waals surface area contributed by atoms with Crippen molar-refractivity contribution in [3.05, 3.63) is 63.9 Å². The molecule has 0 unspecified atom stereocenters. The van der Waals surface area contributed by atoms with Crippen molar-refractivity contribution in [3.63, 3.8) is 0 Å². The summed E-state index contributed by atoms with van der Waals surface area (Å²) in [6, 6.07) is 10.3. The van der Waals surface area contributed by atoms with Crippen molar-refractivity contribution >= 4 is 11.9 Å². The molecular formula is C26H31NO3. The molecular weight excluding hydrogens is 374 g/mol. The molecule has 0 saturated heterocycles. The van der Waals surface area contributed by atoms with Gasteiger partial charge in [0.2, 0.25) is 5.78 Å².